The molecule has 0 aliphatic carbocycles. The zero-order valence-corrected chi connectivity index (χ0v) is 18.7. The number of carbonyl (C=O) groups excluding carboxylic acids is 1. The van der Waals surface area contributed by atoms with Gasteiger partial charge in [-0.3, -0.25) is 4.79 Å². The van der Waals surface area contributed by atoms with E-state index in [0.29, 0.717) is 11.3 Å². The van der Waals surface area contributed by atoms with Gasteiger partial charge in [-0.1, -0.05) is 39.7 Å². The van der Waals surface area contributed by atoms with Gasteiger partial charge in [0.05, 0.1) is 5.02 Å². The molecule has 2 heterocycles. The van der Waals surface area contributed by atoms with Gasteiger partial charge in [0.25, 0.3) is 5.91 Å². The Kier molecular flexibility index (Phi) is 5.46. The van der Waals surface area contributed by atoms with Crippen LogP contribution in [0.2, 0.25) is 5.02 Å². The first kappa shape index (κ1) is 20.4. The fourth-order valence-corrected chi connectivity index (χ4v) is 5.74. The Balaban J connectivity index is 1.52. The summed E-state index contributed by atoms with van der Waals surface area (Å²) in [4.78, 5) is 14.7. The number of benzene rings is 2. The maximum atomic E-state index is 13.0. The number of sulfonamides is 1. The lowest BCUT2D eigenvalue weighted by molar-refractivity contribution is 0.0667. The highest BCUT2D eigenvalue weighted by molar-refractivity contribution is 9.10. The lowest BCUT2D eigenvalue weighted by Crippen LogP contribution is -2.50. The number of furan rings is 1. The standard InChI is InChI=1S/C20H18BrClN2O4S/c1-13-15-12-14(21)6-7-17(15)28-19(13)20(25)23-8-10-24(11-9-23)29(26,27)18-5-3-2-4-16(18)22/h2-7,12H,8-11H2,1H3. The molecule has 29 heavy (non-hydrogen) atoms. The lowest BCUT2D eigenvalue weighted by Gasteiger charge is -2.33. The number of aryl methyl sites for hydroxylation is 1. The molecule has 3 aromatic rings. The number of amides is 1. The van der Waals surface area contributed by atoms with Crippen molar-refractivity contribution >= 4 is 54.4 Å². The zero-order chi connectivity index (χ0) is 20.8. The van der Waals surface area contributed by atoms with E-state index in [4.69, 9.17) is 16.0 Å². The van der Waals surface area contributed by atoms with Gasteiger partial charge in [0.2, 0.25) is 10.0 Å². The van der Waals surface area contributed by atoms with Crippen LogP contribution in [0.25, 0.3) is 11.0 Å². The predicted molar refractivity (Wildman–Crippen MR) is 115 cm³/mol. The van der Waals surface area contributed by atoms with Crippen LogP contribution in [0.3, 0.4) is 0 Å². The second kappa shape index (κ2) is 7.75. The minimum absolute atomic E-state index is 0.0835. The topological polar surface area (TPSA) is 70.8 Å². The summed E-state index contributed by atoms with van der Waals surface area (Å²) >= 11 is 9.50. The van der Waals surface area contributed by atoms with Crippen molar-refractivity contribution in [1.82, 2.24) is 9.21 Å². The third kappa shape index (κ3) is 3.70. The maximum absolute atomic E-state index is 13.0. The number of carbonyl (C=O) groups is 1. The fourth-order valence-electron chi connectivity index (χ4n) is 3.47. The van der Waals surface area contributed by atoms with Gasteiger partial charge in [-0.25, -0.2) is 8.42 Å². The average Bonchev–Trinajstić information content (AvgIpc) is 3.04. The molecule has 0 N–H and O–H groups in total. The molecule has 4 rings (SSSR count). The highest BCUT2D eigenvalue weighted by Crippen LogP contribution is 2.30. The van der Waals surface area contributed by atoms with E-state index in [2.05, 4.69) is 15.9 Å². The van der Waals surface area contributed by atoms with E-state index in [0.717, 1.165) is 15.4 Å². The first-order valence-corrected chi connectivity index (χ1v) is 11.6. The van der Waals surface area contributed by atoms with Crippen LogP contribution in [0.4, 0.5) is 0 Å². The summed E-state index contributed by atoms with van der Waals surface area (Å²) in [5.74, 6) is 0.0603. The fraction of sp³-hybridized carbons (Fsp3) is 0.250. The second-order valence-electron chi connectivity index (χ2n) is 6.82. The van der Waals surface area contributed by atoms with E-state index in [1.165, 1.54) is 10.4 Å². The predicted octanol–water partition coefficient (Wildman–Crippen LogP) is 4.30. The summed E-state index contributed by atoms with van der Waals surface area (Å²) < 4.78 is 33.8. The SMILES string of the molecule is Cc1c(C(=O)N2CCN(S(=O)(=O)c3ccccc3Cl)CC2)oc2ccc(Br)cc12. The molecule has 1 fully saturated rings. The minimum Gasteiger partial charge on any atom is -0.451 e. The van der Waals surface area contributed by atoms with Crippen LogP contribution in [-0.4, -0.2) is 49.7 Å². The van der Waals surface area contributed by atoms with Crippen LogP contribution >= 0.6 is 27.5 Å². The lowest BCUT2D eigenvalue weighted by atomic mass is 10.1. The van der Waals surface area contributed by atoms with Crippen molar-refractivity contribution in [3.63, 3.8) is 0 Å². The smallest absolute Gasteiger partial charge is 0.289 e. The van der Waals surface area contributed by atoms with Gasteiger partial charge >= 0.3 is 0 Å². The number of fused-ring (bicyclic) bond motifs is 1. The Morgan fingerprint density at radius 1 is 1.10 bits per heavy atom. The quantitative estimate of drug-likeness (QED) is 0.541. The van der Waals surface area contributed by atoms with Crippen LogP contribution in [0.1, 0.15) is 16.1 Å². The van der Waals surface area contributed by atoms with Crippen molar-refractivity contribution in [2.45, 2.75) is 11.8 Å². The first-order chi connectivity index (χ1) is 13.8. The van der Waals surface area contributed by atoms with Crippen molar-refractivity contribution in [1.29, 1.82) is 0 Å². The first-order valence-electron chi connectivity index (χ1n) is 9.01. The summed E-state index contributed by atoms with van der Waals surface area (Å²) in [5, 5.41) is 1.07. The highest BCUT2D eigenvalue weighted by Gasteiger charge is 2.33. The monoisotopic (exact) mass is 496 g/mol. The molecule has 0 bridgehead atoms. The van der Waals surface area contributed by atoms with Gasteiger partial charge in [0.15, 0.2) is 5.76 Å². The maximum Gasteiger partial charge on any atom is 0.289 e. The molecule has 1 aliphatic rings. The second-order valence-corrected chi connectivity index (χ2v) is 10.1. The van der Waals surface area contributed by atoms with Gasteiger partial charge in [-0.2, -0.15) is 4.31 Å². The minimum atomic E-state index is -3.71. The van der Waals surface area contributed by atoms with Crippen LogP contribution in [-0.2, 0) is 10.0 Å². The van der Waals surface area contributed by atoms with Crippen molar-refractivity contribution < 1.29 is 17.6 Å². The number of hydrogen-bond donors (Lipinski definition) is 0. The van der Waals surface area contributed by atoms with Crippen LogP contribution in [0.5, 0.6) is 0 Å². The van der Waals surface area contributed by atoms with Crippen LogP contribution in [0.15, 0.2) is 56.2 Å². The van der Waals surface area contributed by atoms with Crippen molar-refractivity contribution in [3.05, 3.63) is 63.3 Å². The Hall–Kier alpha value is -1.87. The molecule has 1 aromatic heterocycles. The highest BCUT2D eigenvalue weighted by atomic mass is 79.9. The normalized spacial score (nSPS) is 15.8. The average molecular weight is 498 g/mol. The summed E-state index contributed by atoms with van der Waals surface area (Å²) in [6, 6.07) is 12.0. The summed E-state index contributed by atoms with van der Waals surface area (Å²) in [5.41, 5.74) is 1.42. The van der Waals surface area contributed by atoms with Gasteiger partial charge in [0, 0.05) is 41.6 Å². The van der Waals surface area contributed by atoms with E-state index in [1.807, 2.05) is 25.1 Å². The molecule has 0 unspecified atom stereocenters. The van der Waals surface area contributed by atoms with Crippen LogP contribution in [0, 0.1) is 6.92 Å². The zero-order valence-electron chi connectivity index (χ0n) is 15.6. The molecule has 0 atom stereocenters. The van der Waals surface area contributed by atoms with Gasteiger partial charge in [-0.05, 0) is 37.3 Å². The number of nitrogens with zero attached hydrogens (tertiary/aromatic N) is 2. The van der Waals surface area contributed by atoms with E-state index in [9.17, 15) is 13.2 Å². The Morgan fingerprint density at radius 2 is 1.79 bits per heavy atom. The number of halogens is 2. The summed E-state index contributed by atoms with van der Waals surface area (Å²) in [6.45, 7) is 2.81. The molecular weight excluding hydrogens is 480 g/mol. The third-order valence-electron chi connectivity index (χ3n) is 5.07. The number of piperazine rings is 1. The van der Waals surface area contributed by atoms with E-state index in [-0.39, 0.29) is 42.0 Å². The molecule has 1 amide bonds. The van der Waals surface area contributed by atoms with Crippen molar-refractivity contribution in [2.75, 3.05) is 26.2 Å². The number of hydrogen-bond acceptors (Lipinski definition) is 4. The van der Waals surface area contributed by atoms with E-state index >= 15 is 0 Å². The van der Waals surface area contributed by atoms with Crippen molar-refractivity contribution in [2.24, 2.45) is 0 Å². The molecule has 1 saturated heterocycles. The number of rotatable bonds is 3. The Bertz CT molecular complexity index is 1200. The molecule has 0 radical (unpaired) electrons. The molecule has 1 aliphatic heterocycles. The molecule has 152 valence electrons. The molecule has 0 saturated carbocycles. The summed E-state index contributed by atoms with van der Waals surface area (Å²) in [6.07, 6.45) is 0. The molecule has 2 aromatic carbocycles. The Morgan fingerprint density at radius 3 is 2.48 bits per heavy atom. The molecule has 0 spiro atoms. The van der Waals surface area contributed by atoms with Crippen LogP contribution < -0.4 is 0 Å². The Labute approximate surface area is 182 Å². The van der Waals surface area contributed by atoms with E-state index < -0.39 is 10.0 Å². The summed E-state index contributed by atoms with van der Waals surface area (Å²) in [7, 11) is -3.71. The van der Waals surface area contributed by atoms with Gasteiger partial charge in [-0.15, -0.1) is 0 Å². The molecule has 9 heteroatoms. The largest absolute Gasteiger partial charge is 0.451 e. The molecular formula is C20H18BrClN2O4S. The third-order valence-corrected chi connectivity index (χ3v) is 7.96. The van der Waals surface area contributed by atoms with Crippen molar-refractivity contribution in [3.8, 4) is 0 Å². The van der Waals surface area contributed by atoms with E-state index in [1.54, 1.807) is 23.1 Å². The van der Waals surface area contributed by atoms with Gasteiger partial charge in [0.1, 0.15) is 10.5 Å². The van der Waals surface area contributed by atoms with Gasteiger partial charge < -0.3 is 9.32 Å². The molecule has 6 nitrogen and oxygen atoms in total.